The smallest absolute Gasteiger partial charge is 0.252 e. The van der Waals surface area contributed by atoms with Crippen LogP contribution in [0.15, 0.2) is 42.5 Å². The van der Waals surface area contributed by atoms with Gasteiger partial charge in [0.25, 0.3) is 5.91 Å². The Morgan fingerprint density at radius 3 is 2.67 bits per heavy atom. The van der Waals surface area contributed by atoms with Crippen molar-refractivity contribution >= 4 is 23.3 Å². The molecule has 0 saturated carbocycles. The lowest BCUT2D eigenvalue weighted by Gasteiger charge is -2.17. The van der Waals surface area contributed by atoms with Gasteiger partial charge >= 0.3 is 0 Å². The summed E-state index contributed by atoms with van der Waals surface area (Å²) in [5, 5.41) is 15.3. The number of hydrogen-bond donors (Lipinski definition) is 3. The highest BCUT2D eigenvalue weighted by atomic mass is 35.5. The number of aliphatic hydroxyl groups is 1. The van der Waals surface area contributed by atoms with Gasteiger partial charge in [-0.2, -0.15) is 0 Å². The summed E-state index contributed by atoms with van der Waals surface area (Å²) in [6.45, 7) is -0.187. The van der Waals surface area contributed by atoms with Gasteiger partial charge < -0.3 is 15.7 Å². The quantitative estimate of drug-likeness (QED) is 0.741. The van der Waals surface area contributed by atoms with Crippen LogP contribution >= 0.6 is 11.6 Å². The highest BCUT2D eigenvalue weighted by Crippen LogP contribution is 2.16. The lowest BCUT2D eigenvalue weighted by Crippen LogP contribution is -2.30. The molecule has 0 aliphatic carbocycles. The van der Waals surface area contributed by atoms with Crippen molar-refractivity contribution in [3.63, 3.8) is 0 Å². The Kier molecular flexibility index (Phi) is 5.14. The van der Waals surface area contributed by atoms with E-state index in [1.807, 2.05) is 30.3 Å². The van der Waals surface area contributed by atoms with E-state index < -0.39 is 6.04 Å². The van der Waals surface area contributed by atoms with Crippen molar-refractivity contribution in [1.82, 2.24) is 10.3 Å². The van der Waals surface area contributed by atoms with Crippen LogP contribution in [-0.2, 0) is 0 Å². The first-order chi connectivity index (χ1) is 10.1. The van der Waals surface area contributed by atoms with Crippen LogP contribution < -0.4 is 10.6 Å². The van der Waals surface area contributed by atoms with Gasteiger partial charge in [-0.05, 0) is 17.7 Å². The third kappa shape index (κ3) is 3.93. The molecule has 110 valence electrons. The molecule has 0 aliphatic heterocycles. The maximum absolute atomic E-state index is 12.3. The number of carbonyl (C=O) groups is 1. The molecule has 3 N–H and O–H groups in total. The van der Waals surface area contributed by atoms with Crippen LogP contribution in [0.4, 0.5) is 5.82 Å². The van der Waals surface area contributed by atoms with Crippen LogP contribution in [0.5, 0.6) is 0 Å². The number of aromatic nitrogens is 1. The Bertz CT molecular complexity index is 620. The molecule has 5 nitrogen and oxygen atoms in total. The number of nitrogens with one attached hydrogen (secondary N) is 2. The summed E-state index contributed by atoms with van der Waals surface area (Å²) in [5.41, 5.74) is 1.22. The van der Waals surface area contributed by atoms with Crippen LogP contribution in [0.1, 0.15) is 22.0 Å². The average molecular weight is 306 g/mol. The Morgan fingerprint density at radius 1 is 1.33 bits per heavy atom. The number of amides is 1. The molecule has 0 radical (unpaired) electrons. The van der Waals surface area contributed by atoms with Crippen LogP contribution in [0.25, 0.3) is 0 Å². The SMILES string of the molecule is CNc1cc(C(=O)NC(CO)c2ccccc2)cc(Cl)n1. The second kappa shape index (κ2) is 7.06. The maximum Gasteiger partial charge on any atom is 0.252 e. The van der Waals surface area contributed by atoms with E-state index in [-0.39, 0.29) is 17.7 Å². The summed E-state index contributed by atoms with van der Waals surface area (Å²) >= 11 is 5.88. The third-order valence-electron chi connectivity index (χ3n) is 3.00. The zero-order valence-electron chi connectivity index (χ0n) is 11.5. The molecule has 0 bridgehead atoms. The predicted octanol–water partition coefficient (Wildman–Crippen LogP) is 2.24. The second-order valence-electron chi connectivity index (χ2n) is 4.43. The van der Waals surface area contributed by atoms with Crippen LogP contribution in [0.3, 0.4) is 0 Å². The zero-order chi connectivity index (χ0) is 15.2. The molecule has 1 amide bonds. The van der Waals surface area contributed by atoms with Gasteiger partial charge in [-0.15, -0.1) is 0 Å². The summed E-state index contributed by atoms with van der Waals surface area (Å²) in [6.07, 6.45) is 0. The van der Waals surface area contributed by atoms with Gasteiger partial charge in [0, 0.05) is 12.6 Å². The fraction of sp³-hybridized carbons (Fsp3) is 0.200. The summed E-state index contributed by atoms with van der Waals surface area (Å²) in [6, 6.07) is 11.9. The van der Waals surface area contributed by atoms with Crippen molar-refractivity contribution in [2.45, 2.75) is 6.04 Å². The topological polar surface area (TPSA) is 74.2 Å². The standard InChI is InChI=1S/C15H16ClN3O2/c1-17-14-8-11(7-13(16)19-14)15(21)18-12(9-20)10-5-3-2-4-6-10/h2-8,12,20H,9H2,1H3,(H,17,19)(H,18,21). The van der Waals surface area contributed by atoms with E-state index in [1.165, 1.54) is 6.07 Å². The number of carbonyl (C=O) groups excluding carboxylic acids is 1. The number of nitrogens with zero attached hydrogens (tertiary/aromatic N) is 1. The number of halogens is 1. The zero-order valence-corrected chi connectivity index (χ0v) is 12.3. The van der Waals surface area contributed by atoms with E-state index in [0.29, 0.717) is 11.4 Å². The number of hydrogen-bond acceptors (Lipinski definition) is 4. The number of aliphatic hydroxyl groups excluding tert-OH is 1. The maximum atomic E-state index is 12.3. The summed E-state index contributed by atoms with van der Waals surface area (Å²) in [4.78, 5) is 16.3. The average Bonchev–Trinajstić information content (AvgIpc) is 2.52. The molecule has 2 aromatic rings. The number of pyridine rings is 1. The molecular formula is C15H16ClN3O2. The summed E-state index contributed by atoms with van der Waals surface area (Å²) < 4.78 is 0. The van der Waals surface area contributed by atoms with Crippen molar-refractivity contribution in [3.05, 3.63) is 58.7 Å². The van der Waals surface area contributed by atoms with Gasteiger partial charge in [-0.3, -0.25) is 4.79 Å². The molecule has 1 unspecified atom stereocenters. The second-order valence-corrected chi connectivity index (χ2v) is 4.82. The normalized spacial score (nSPS) is 11.8. The first-order valence-electron chi connectivity index (χ1n) is 6.46. The molecule has 1 aromatic carbocycles. The van der Waals surface area contributed by atoms with E-state index in [4.69, 9.17) is 11.6 Å². The third-order valence-corrected chi connectivity index (χ3v) is 3.20. The fourth-order valence-corrected chi connectivity index (χ4v) is 2.13. The van der Waals surface area contributed by atoms with E-state index in [2.05, 4.69) is 15.6 Å². The molecule has 0 saturated heterocycles. The Labute approximate surface area is 128 Å². The van der Waals surface area contributed by atoms with Crippen LogP contribution in [0, 0.1) is 0 Å². The van der Waals surface area contributed by atoms with Crippen molar-refractivity contribution in [2.24, 2.45) is 0 Å². The van der Waals surface area contributed by atoms with Gasteiger partial charge in [0.05, 0.1) is 12.6 Å². The van der Waals surface area contributed by atoms with Gasteiger partial charge in [0.15, 0.2) is 0 Å². The molecule has 2 rings (SSSR count). The minimum atomic E-state index is -0.469. The lowest BCUT2D eigenvalue weighted by atomic mass is 10.1. The first-order valence-corrected chi connectivity index (χ1v) is 6.84. The number of rotatable bonds is 5. The molecule has 1 aromatic heterocycles. The Balaban J connectivity index is 2.18. The Hall–Kier alpha value is -2.11. The summed E-state index contributed by atoms with van der Waals surface area (Å²) in [5.74, 6) is 0.187. The van der Waals surface area contributed by atoms with E-state index >= 15 is 0 Å². The molecular weight excluding hydrogens is 290 g/mol. The van der Waals surface area contributed by atoms with Gasteiger partial charge in [-0.1, -0.05) is 41.9 Å². The highest BCUT2D eigenvalue weighted by molar-refractivity contribution is 6.29. The number of anilines is 1. The molecule has 0 spiro atoms. The van der Waals surface area contributed by atoms with Gasteiger partial charge in [-0.25, -0.2) is 4.98 Å². The molecule has 21 heavy (non-hydrogen) atoms. The minimum Gasteiger partial charge on any atom is -0.394 e. The van der Waals surface area contributed by atoms with E-state index in [9.17, 15) is 9.90 Å². The molecule has 1 heterocycles. The Morgan fingerprint density at radius 2 is 2.05 bits per heavy atom. The van der Waals surface area contributed by atoms with Crippen molar-refractivity contribution < 1.29 is 9.90 Å². The lowest BCUT2D eigenvalue weighted by molar-refractivity contribution is 0.0916. The van der Waals surface area contributed by atoms with Crippen LogP contribution in [-0.4, -0.2) is 29.7 Å². The molecule has 0 aliphatic rings. The van der Waals surface area contributed by atoms with Crippen molar-refractivity contribution in [3.8, 4) is 0 Å². The van der Waals surface area contributed by atoms with Gasteiger partial charge in [0.1, 0.15) is 11.0 Å². The number of benzene rings is 1. The largest absolute Gasteiger partial charge is 0.394 e. The van der Waals surface area contributed by atoms with Crippen molar-refractivity contribution in [2.75, 3.05) is 19.0 Å². The van der Waals surface area contributed by atoms with Crippen LogP contribution in [0.2, 0.25) is 5.15 Å². The van der Waals surface area contributed by atoms with Gasteiger partial charge in [0.2, 0.25) is 0 Å². The monoisotopic (exact) mass is 305 g/mol. The fourth-order valence-electron chi connectivity index (χ4n) is 1.92. The minimum absolute atomic E-state index is 0.187. The van der Waals surface area contributed by atoms with Crippen molar-refractivity contribution in [1.29, 1.82) is 0 Å². The summed E-state index contributed by atoms with van der Waals surface area (Å²) in [7, 11) is 1.70. The highest BCUT2D eigenvalue weighted by Gasteiger charge is 2.16. The predicted molar refractivity (Wildman–Crippen MR) is 82.5 cm³/mol. The molecule has 0 fully saturated rings. The molecule has 6 heteroatoms. The molecule has 1 atom stereocenters. The van der Waals surface area contributed by atoms with E-state index in [1.54, 1.807) is 13.1 Å². The van der Waals surface area contributed by atoms with E-state index in [0.717, 1.165) is 5.56 Å². The first kappa shape index (κ1) is 15.3.